The number of benzene rings is 2. The lowest BCUT2D eigenvalue weighted by atomic mass is 9.50. The first kappa shape index (κ1) is 13.8. The highest BCUT2D eigenvalue weighted by molar-refractivity contribution is 5.43. The largest absolute Gasteiger partial charge is 0.508 e. The van der Waals surface area contributed by atoms with Crippen molar-refractivity contribution in [1.82, 2.24) is 5.32 Å². The third kappa shape index (κ3) is 1.90. The van der Waals surface area contributed by atoms with Gasteiger partial charge in [0.15, 0.2) is 0 Å². The minimum atomic E-state index is 0.116. The van der Waals surface area contributed by atoms with Gasteiger partial charge in [-0.25, -0.2) is 0 Å². The van der Waals surface area contributed by atoms with Gasteiger partial charge in [0.25, 0.3) is 0 Å². The molecule has 2 nitrogen and oxygen atoms in total. The summed E-state index contributed by atoms with van der Waals surface area (Å²) in [6, 6.07) is 16.8. The smallest absolute Gasteiger partial charge is 0.115 e. The Hall–Kier alpha value is -1.80. The Bertz CT molecular complexity index is 710. The average Bonchev–Trinajstić information content (AvgIpc) is 2.52. The molecule has 0 amide bonds. The van der Waals surface area contributed by atoms with Crippen LogP contribution in [0.25, 0.3) is 0 Å². The molecule has 1 saturated heterocycles. The van der Waals surface area contributed by atoms with E-state index in [0.717, 1.165) is 32.4 Å². The summed E-state index contributed by atoms with van der Waals surface area (Å²) >= 11 is 0. The maximum absolute atomic E-state index is 9.99. The zero-order chi connectivity index (χ0) is 15.2. The molecule has 0 saturated carbocycles. The second-order valence-corrected chi connectivity index (χ2v) is 7.24. The van der Waals surface area contributed by atoms with E-state index < -0.39 is 0 Å². The molecular formula is C20H23NO. The maximum atomic E-state index is 9.99. The number of fused-ring (bicyclic) bond motifs is 2. The fourth-order valence-electron chi connectivity index (χ4n) is 4.72. The van der Waals surface area contributed by atoms with Gasteiger partial charge >= 0.3 is 0 Å². The summed E-state index contributed by atoms with van der Waals surface area (Å²) < 4.78 is 0. The van der Waals surface area contributed by atoms with Crippen molar-refractivity contribution in [3.8, 4) is 5.75 Å². The van der Waals surface area contributed by atoms with Gasteiger partial charge in [-0.05, 0) is 60.0 Å². The van der Waals surface area contributed by atoms with Crippen LogP contribution in [0.4, 0.5) is 0 Å². The highest BCUT2D eigenvalue weighted by atomic mass is 16.3. The van der Waals surface area contributed by atoms with Crippen molar-refractivity contribution < 1.29 is 5.11 Å². The normalized spacial score (nSPS) is 30.4. The van der Waals surface area contributed by atoms with Gasteiger partial charge in [-0.2, -0.15) is 0 Å². The zero-order valence-corrected chi connectivity index (χ0v) is 13.1. The standard InChI is InChI=1S/C20H23NO/c1-19-12-15-5-2-3-6-16(15)13-20(19,9-10-21-14-19)17-7-4-8-18(22)11-17/h2-8,11,21-22H,9-10,12-14H2,1H3. The molecular weight excluding hydrogens is 270 g/mol. The van der Waals surface area contributed by atoms with Crippen LogP contribution < -0.4 is 5.32 Å². The summed E-state index contributed by atoms with van der Waals surface area (Å²) in [5.41, 5.74) is 4.57. The summed E-state index contributed by atoms with van der Waals surface area (Å²) in [7, 11) is 0. The van der Waals surface area contributed by atoms with Crippen LogP contribution in [0, 0.1) is 5.41 Å². The maximum Gasteiger partial charge on any atom is 0.115 e. The zero-order valence-electron chi connectivity index (χ0n) is 13.1. The van der Waals surface area contributed by atoms with Crippen molar-refractivity contribution in [1.29, 1.82) is 0 Å². The Labute approximate surface area is 132 Å². The number of rotatable bonds is 1. The molecule has 22 heavy (non-hydrogen) atoms. The molecule has 1 fully saturated rings. The minimum Gasteiger partial charge on any atom is -0.508 e. The number of hydrogen-bond donors (Lipinski definition) is 2. The lowest BCUT2D eigenvalue weighted by molar-refractivity contribution is 0.0769. The van der Waals surface area contributed by atoms with E-state index in [9.17, 15) is 5.11 Å². The van der Waals surface area contributed by atoms with E-state index in [4.69, 9.17) is 0 Å². The Morgan fingerprint density at radius 2 is 1.77 bits per heavy atom. The van der Waals surface area contributed by atoms with Gasteiger partial charge < -0.3 is 10.4 Å². The predicted molar refractivity (Wildman–Crippen MR) is 89.2 cm³/mol. The van der Waals surface area contributed by atoms with Crippen LogP contribution in [0.1, 0.15) is 30.0 Å². The van der Waals surface area contributed by atoms with Gasteiger partial charge in [-0.1, -0.05) is 43.3 Å². The van der Waals surface area contributed by atoms with Crippen molar-refractivity contribution in [3.63, 3.8) is 0 Å². The lowest BCUT2D eigenvalue weighted by Gasteiger charge is -2.56. The second kappa shape index (κ2) is 4.85. The van der Waals surface area contributed by atoms with Crippen LogP contribution in [-0.2, 0) is 18.3 Å². The van der Waals surface area contributed by atoms with Crippen molar-refractivity contribution in [2.75, 3.05) is 13.1 Å². The fraction of sp³-hybridized carbons (Fsp3) is 0.400. The van der Waals surface area contributed by atoms with Crippen LogP contribution in [0.3, 0.4) is 0 Å². The Kier molecular flexibility index (Phi) is 3.05. The van der Waals surface area contributed by atoms with E-state index in [2.05, 4.69) is 42.6 Å². The molecule has 2 N–H and O–H groups in total. The van der Waals surface area contributed by atoms with Gasteiger partial charge in [0.05, 0.1) is 0 Å². The van der Waals surface area contributed by atoms with Gasteiger partial charge in [-0.15, -0.1) is 0 Å². The first-order valence-corrected chi connectivity index (χ1v) is 8.20. The average molecular weight is 293 g/mol. The van der Waals surface area contributed by atoms with E-state index in [1.807, 2.05) is 12.1 Å². The monoisotopic (exact) mass is 293 g/mol. The molecule has 0 aromatic heterocycles. The predicted octanol–water partition coefficient (Wildman–Crippen LogP) is 3.43. The van der Waals surface area contributed by atoms with Crippen LogP contribution in [0.15, 0.2) is 48.5 Å². The molecule has 1 aliphatic heterocycles. The third-order valence-electron chi connectivity index (χ3n) is 5.99. The highest BCUT2D eigenvalue weighted by Crippen LogP contribution is 2.54. The first-order chi connectivity index (χ1) is 10.6. The molecule has 2 heteroatoms. The molecule has 0 radical (unpaired) electrons. The van der Waals surface area contributed by atoms with Crippen molar-refractivity contribution >= 4 is 0 Å². The molecule has 2 aliphatic rings. The molecule has 2 unspecified atom stereocenters. The SMILES string of the molecule is CC12CNCCC1(c1cccc(O)c1)Cc1ccccc1C2. The first-order valence-electron chi connectivity index (χ1n) is 8.20. The van der Waals surface area contributed by atoms with Crippen molar-refractivity contribution in [2.24, 2.45) is 5.41 Å². The van der Waals surface area contributed by atoms with E-state index >= 15 is 0 Å². The van der Waals surface area contributed by atoms with Crippen molar-refractivity contribution in [3.05, 3.63) is 65.2 Å². The Morgan fingerprint density at radius 3 is 2.55 bits per heavy atom. The number of phenols is 1. The number of piperidine rings is 1. The van der Waals surface area contributed by atoms with Crippen LogP contribution in [0.5, 0.6) is 5.75 Å². The van der Waals surface area contributed by atoms with Gasteiger partial charge in [0.2, 0.25) is 0 Å². The van der Waals surface area contributed by atoms with Crippen LogP contribution in [0.2, 0.25) is 0 Å². The quantitative estimate of drug-likeness (QED) is 0.844. The molecule has 2 aromatic rings. The van der Waals surface area contributed by atoms with E-state index in [1.165, 1.54) is 16.7 Å². The van der Waals surface area contributed by atoms with Gasteiger partial charge in [-0.3, -0.25) is 0 Å². The molecule has 0 spiro atoms. The summed E-state index contributed by atoms with van der Waals surface area (Å²) in [6.07, 6.45) is 3.30. The van der Waals surface area contributed by atoms with E-state index in [0.29, 0.717) is 5.75 Å². The van der Waals surface area contributed by atoms with E-state index in [-0.39, 0.29) is 10.8 Å². The summed E-state index contributed by atoms with van der Waals surface area (Å²) in [5.74, 6) is 0.381. The number of nitrogens with one attached hydrogen (secondary N) is 1. The van der Waals surface area contributed by atoms with E-state index in [1.54, 1.807) is 6.07 Å². The molecule has 114 valence electrons. The molecule has 0 bridgehead atoms. The minimum absolute atomic E-state index is 0.116. The Morgan fingerprint density at radius 1 is 1.00 bits per heavy atom. The highest BCUT2D eigenvalue weighted by Gasteiger charge is 2.53. The molecule has 1 aliphatic carbocycles. The lowest BCUT2D eigenvalue weighted by Crippen LogP contribution is -2.59. The number of hydrogen-bond acceptors (Lipinski definition) is 2. The molecule has 2 atom stereocenters. The van der Waals surface area contributed by atoms with Crippen molar-refractivity contribution in [2.45, 2.75) is 31.6 Å². The molecule has 4 rings (SSSR count). The summed E-state index contributed by atoms with van der Waals surface area (Å²) in [6.45, 7) is 4.50. The van der Waals surface area contributed by atoms with Gasteiger partial charge in [0.1, 0.15) is 5.75 Å². The summed E-state index contributed by atoms with van der Waals surface area (Å²) in [4.78, 5) is 0. The van der Waals surface area contributed by atoms with Crippen LogP contribution in [-0.4, -0.2) is 18.2 Å². The summed E-state index contributed by atoms with van der Waals surface area (Å²) in [5, 5.41) is 13.6. The fourth-order valence-corrected chi connectivity index (χ4v) is 4.72. The molecule has 2 aromatic carbocycles. The number of phenolic OH excluding ortho intramolecular Hbond substituents is 1. The third-order valence-corrected chi connectivity index (χ3v) is 5.99. The van der Waals surface area contributed by atoms with Gasteiger partial charge in [0, 0.05) is 12.0 Å². The topological polar surface area (TPSA) is 32.3 Å². The number of aromatic hydroxyl groups is 1. The second-order valence-electron chi connectivity index (χ2n) is 7.24. The Balaban J connectivity index is 1.90. The van der Waals surface area contributed by atoms with Crippen LogP contribution >= 0.6 is 0 Å². The molecule has 1 heterocycles.